The summed E-state index contributed by atoms with van der Waals surface area (Å²) in [6.07, 6.45) is 1.75. The van der Waals surface area contributed by atoms with Crippen LogP contribution in [0, 0.1) is 0 Å². The van der Waals surface area contributed by atoms with Crippen molar-refractivity contribution in [1.29, 1.82) is 0 Å². The second-order valence-electron chi connectivity index (χ2n) is 9.53. The van der Waals surface area contributed by atoms with Gasteiger partial charge in [-0.05, 0) is 47.9 Å². The van der Waals surface area contributed by atoms with Gasteiger partial charge in [-0.3, -0.25) is 4.79 Å². The minimum absolute atomic E-state index is 0.0649. The smallest absolute Gasteiger partial charge is 0.349 e. The zero-order valence-corrected chi connectivity index (χ0v) is 21.8. The molecule has 1 amide bonds. The largest absolute Gasteiger partial charge is 0.482 e. The van der Waals surface area contributed by atoms with Crippen molar-refractivity contribution >= 4 is 22.8 Å². The van der Waals surface area contributed by atoms with Crippen molar-refractivity contribution < 1.29 is 23.5 Å². The molecule has 0 radical (unpaired) electrons. The van der Waals surface area contributed by atoms with Crippen LogP contribution in [0.1, 0.15) is 55.1 Å². The Labute approximate surface area is 221 Å². The van der Waals surface area contributed by atoms with Crippen molar-refractivity contribution in [2.24, 2.45) is 0 Å². The van der Waals surface area contributed by atoms with Crippen LogP contribution in [0.4, 0.5) is 0 Å². The summed E-state index contributed by atoms with van der Waals surface area (Å²) in [6.45, 7) is 6.52. The summed E-state index contributed by atoms with van der Waals surface area (Å²) in [4.78, 5) is 37.0. The molecular weight excluding hydrogens is 482 g/mol. The van der Waals surface area contributed by atoms with Gasteiger partial charge in [-0.25, -0.2) is 9.59 Å². The first-order valence-corrected chi connectivity index (χ1v) is 12.6. The second-order valence-corrected chi connectivity index (χ2v) is 9.53. The average Bonchev–Trinajstić information content (AvgIpc) is 2.92. The van der Waals surface area contributed by atoms with E-state index in [4.69, 9.17) is 13.9 Å². The van der Waals surface area contributed by atoms with E-state index in [-0.39, 0.29) is 28.9 Å². The van der Waals surface area contributed by atoms with E-state index in [1.807, 2.05) is 49.4 Å². The molecule has 0 aliphatic rings. The third-order valence-electron chi connectivity index (χ3n) is 6.43. The van der Waals surface area contributed by atoms with Gasteiger partial charge in [0.15, 0.2) is 6.61 Å². The number of carbonyl (C=O) groups is 2. The number of nitrogens with one attached hydrogen (secondary N) is 1. The van der Waals surface area contributed by atoms with Gasteiger partial charge in [0.1, 0.15) is 22.6 Å². The molecule has 38 heavy (non-hydrogen) atoms. The van der Waals surface area contributed by atoms with E-state index in [0.29, 0.717) is 17.7 Å². The van der Waals surface area contributed by atoms with Gasteiger partial charge in [0.05, 0.1) is 0 Å². The Morgan fingerprint density at radius 1 is 0.895 bits per heavy atom. The van der Waals surface area contributed by atoms with Crippen LogP contribution in [0.15, 0.2) is 88.1 Å². The van der Waals surface area contributed by atoms with Gasteiger partial charge in [0, 0.05) is 23.4 Å². The number of benzene rings is 3. The molecule has 4 aromatic rings. The number of ether oxygens (including phenoxy) is 2. The topological polar surface area (TPSA) is 94.8 Å². The fraction of sp³-hybridized carbons (Fsp3) is 0.258. The molecule has 0 saturated heterocycles. The van der Waals surface area contributed by atoms with Crippen molar-refractivity contribution in [1.82, 2.24) is 5.32 Å². The molecule has 0 aliphatic heterocycles. The summed E-state index contributed by atoms with van der Waals surface area (Å²) in [5.41, 5.74) is 1.54. The Hall–Kier alpha value is -4.39. The van der Waals surface area contributed by atoms with Crippen molar-refractivity contribution in [2.75, 3.05) is 13.2 Å². The summed E-state index contributed by atoms with van der Waals surface area (Å²) in [6, 6.07) is 24.0. The molecular formula is C31H31NO6. The van der Waals surface area contributed by atoms with Crippen LogP contribution in [0.2, 0.25) is 0 Å². The van der Waals surface area contributed by atoms with Crippen LogP contribution in [-0.2, 0) is 10.2 Å². The normalized spacial score (nSPS) is 11.2. The van der Waals surface area contributed by atoms with Gasteiger partial charge in [-0.2, -0.15) is 0 Å². The van der Waals surface area contributed by atoms with Gasteiger partial charge in [-0.1, -0.05) is 69.7 Å². The highest BCUT2D eigenvalue weighted by Crippen LogP contribution is 2.32. The number of fused-ring (bicyclic) bond motifs is 1. The summed E-state index contributed by atoms with van der Waals surface area (Å²) >= 11 is 0. The maximum Gasteiger partial charge on any atom is 0.349 e. The standard InChI is InChI=1S/C31H31NO6/c1-4-5-17-32-29(34)26-18-21-11-14-25(19-27(21)38-30(26)35)37-28(33)20-36-24-15-12-23(13-16-24)31(2,3)22-9-7-6-8-10-22/h6-16,18-19H,4-5,17,20H2,1-3H3,(H,32,34). The molecule has 0 unspecified atom stereocenters. The molecule has 3 aromatic carbocycles. The Morgan fingerprint density at radius 3 is 2.29 bits per heavy atom. The van der Waals surface area contributed by atoms with Gasteiger partial charge in [0.25, 0.3) is 5.91 Å². The summed E-state index contributed by atoms with van der Waals surface area (Å²) < 4.78 is 16.3. The number of unbranched alkanes of at least 4 members (excludes halogenated alkanes) is 1. The lowest BCUT2D eigenvalue weighted by Gasteiger charge is -2.26. The van der Waals surface area contributed by atoms with Crippen LogP contribution in [0.25, 0.3) is 11.0 Å². The SMILES string of the molecule is CCCCNC(=O)c1cc2ccc(OC(=O)COc3ccc(C(C)(C)c4ccccc4)cc3)cc2oc1=O. The molecule has 0 bridgehead atoms. The molecule has 0 aliphatic carbocycles. The summed E-state index contributed by atoms with van der Waals surface area (Å²) in [5, 5.41) is 3.25. The molecule has 0 atom stereocenters. The number of carbonyl (C=O) groups excluding carboxylic acids is 2. The van der Waals surface area contributed by atoms with Crippen molar-refractivity contribution in [3.63, 3.8) is 0 Å². The van der Waals surface area contributed by atoms with Gasteiger partial charge in [0.2, 0.25) is 0 Å². The monoisotopic (exact) mass is 513 g/mol. The first-order valence-electron chi connectivity index (χ1n) is 12.6. The molecule has 1 aromatic heterocycles. The number of hydrogen-bond donors (Lipinski definition) is 1. The predicted molar refractivity (Wildman–Crippen MR) is 146 cm³/mol. The highest BCUT2D eigenvalue weighted by Gasteiger charge is 2.22. The van der Waals surface area contributed by atoms with E-state index in [2.05, 4.69) is 31.3 Å². The fourth-order valence-corrected chi connectivity index (χ4v) is 4.08. The first kappa shape index (κ1) is 26.7. The van der Waals surface area contributed by atoms with Crippen molar-refractivity contribution in [2.45, 2.75) is 39.0 Å². The first-order chi connectivity index (χ1) is 18.3. The Morgan fingerprint density at radius 2 is 1.58 bits per heavy atom. The van der Waals surface area contributed by atoms with E-state index < -0.39 is 17.5 Å². The molecule has 0 saturated carbocycles. The lowest BCUT2D eigenvalue weighted by atomic mass is 9.78. The summed E-state index contributed by atoms with van der Waals surface area (Å²) in [5.74, 6) is -0.330. The minimum Gasteiger partial charge on any atom is -0.482 e. The van der Waals surface area contributed by atoms with Crippen LogP contribution in [0.3, 0.4) is 0 Å². The summed E-state index contributed by atoms with van der Waals surface area (Å²) in [7, 11) is 0. The molecule has 1 heterocycles. The molecule has 7 nitrogen and oxygen atoms in total. The molecule has 7 heteroatoms. The highest BCUT2D eigenvalue weighted by atomic mass is 16.6. The van der Waals surface area contributed by atoms with E-state index in [0.717, 1.165) is 18.4 Å². The highest BCUT2D eigenvalue weighted by molar-refractivity contribution is 5.96. The van der Waals surface area contributed by atoms with Gasteiger partial charge >= 0.3 is 11.6 Å². The lowest BCUT2D eigenvalue weighted by Crippen LogP contribution is -2.28. The Balaban J connectivity index is 1.36. The fourth-order valence-electron chi connectivity index (χ4n) is 4.08. The Kier molecular flexibility index (Phi) is 8.26. The van der Waals surface area contributed by atoms with E-state index >= 15 is 0 Å². The van der Waals surface area contributed by atoms with Crippen LogP contribution in [0.5, 0.6) is 11.5 Å². The molecule has 1 N–H and O–H groups in total. The molecule has 0 fully saturated rings. The number of amides is 1. The zero-order valence-electron chi connectivity index (χ0n) is 21.8. The zero-order chi connectivity index (χ0) is 27.1. The van der Waals surface area contributed by atoms with E-state index in [1.165, 1.54) is 17.7 Å². The maximum atomic E-state index is 12.4. The Bertz CT molecular complexity index is 1470. The lowest BCUT2D eigenvalue weighted by molar-refractivity contribution is -0.136. The second kappa shape index (κ2) is 11.8. The van der Waals surface area contributed by atoms with E-state index in [9.17, 15) is 14.4 Å². The number of esters is 1. The van der Waals surface area contributed by atoms with E-state index in [1.54, 1.807) is 12.1 Å². The molecule has 4 rings (SSSR count). The third kappa shape index (κ3) is 6.29. The predicted octanol–water partition coefficient (Wildman–Crippen LogP) is 5.63. The van der Waals surface area contributed by atoms with Crippen LogP contribution >= 0.6 is 0 Å². The molecule has 196 valence electrons. The van der Waals surface area contributed by atoms with Crippen LogP contribution in [-0.4, -0.2) is 25.0 Å². The average molecular weight is 514 g/mol. The molecule has 0 spiro atoms. The van der Waals surface area contributed by atoms with Gasteiger partial charge < -0.3 is 19.2 Å². The minimum atomic E-state index is -0.753. The number of rotatable bonds is 10. The number of hydrogen-bond acceptors (Lipinski definition) is 6. The van der Waals surface area contributed by atoms with Crippen molar-refractivity contribution in [3.8, 4) is 11.5 Å². The maximum absolute atomic E-state index is 12.4. The van der Waals surface area contributed by atoms with Gasteiger partial charge in [-0.15, -0.1) is 0 Å². The quantitative estimate of drug-likeness (QED) is 0.128. The van der Waals surface area contributed by atoms with Crippen molar-refractivity contribution in [3.05, 3.63) is 106 Å². The third-order valence-corrected chi connectivity index (χ3v) is 6.43. The van der Waals surface area contributed by atoms with Crippen LogP contribution < -0.4 is 20.4 Å².